The van der Waals surface area contributed by atoms with Crippen molar-refractivity contribution in [2.75, 3.05) is 4.90 Å². The zero-order valence-corrected chi connectivity index (χ0v) is 29.9. The Kier molecular flexibility index (Phi) is 11.8. The van der Waals surface area contributed by atoms with Gasteiger partial charge in [0.1, 0.15) is 17.3 Å². The molecule has 7 aromatic rings. The average molecular weight is 692 g/mol. The zero-order valence-electron chi connectivity index (χ0n) is 29.9. The summed E-state index contributed by atoms with van der Waals surface area (Å²) in [7, 11) is 0. The van der Waals surface area contributed by atoms with Crippen molar-refractivity contribution in [3.63, 3.8) is 0 Å². The van der Waals surface area contributed by atoms with Crippen LogP contribution >= 0.6 is 0 Å². The molecule has 53 heavy (non-hydrogen) atoms. The molecule has 0 spiro atoms. The van der Waals surface area contributed by atoms with E-state index >= 15 is 0 Å². The SMILES string of the molecule is C=C1/C=C\C(c2ccccc2)=C/N(c2cccc(C(=N)N)n2)c2cc(-c3ccccc3)c3ccccc3c21.Cc1ccccc1.NCc1ccccc1.[HH]. The molecule has 0 radical (unpaired) electrons. The number of anilines is 2. The molecule has 1 aliphatic rings. The summed E-state index contributed by atoms with van der Waals surface area (Å²) in [6.45, 7) is 7.22. The van der Waals surface area contributed by atoms with Crippen LogP contribution in [0.2, 0.25) is 0 Å². The van der Waals surface area contributed by atoms with Crippen LogP contribution in [0.25, 0.3) is 33.0 Å². The lowest BCUT2D eigenvalue weighted by atomic mass is 9.89. The van der Waals surface area contributed by atoms with E-state index in [1.807, 2.05) is 84.9 Å². The number of fused-ring (bicyclic) bond motifs is 3. The summed E-state index contributed by atoms with van der Waals surface area (Å²) >= 11 is 0. The van der Waals surface area contributed by atoms with E-state index in [1.165, 1.54) is 11.1 Å². The predicted octanol–water partition coefficient (Wildman–Crippen LogP) is 11.3. The number of allylic oxidation sites excluding steroid dienone is 4. The number of nitrogens with two attached hydrogens (primary N) is 2. The Morgan fingerprint density at radius 3 is 1.81 bits per heavy atom. The molecule has 0 fully saturated rings. The number of pyridine rings is 1. The van der Waals surface area contributed by atoms with E-state index < -0.39 is 0 Å². The van der Waals surface area contributed by atoms with Gasteiger partial charge in [-0.15, -0.1) is 0 Å². The van der Waals surface area contributed by atoms with Gasteiger partial charge in [0.15, 0.2) is 0 Å². The molecule has 0 saturated heterocycles. The van der Waals surface area contributed by atoms with E-state index in [1.54, 1.807) is 6.07 Å². The van der Waals surface area contributed by atoms with E-state index in [0.29, 0.717) is 18.1 Å². The molecule has 262 valence electrons. The van der Waals surface area contributed by atoms with Crippen LogP contribution < -0.4 is 16.4 Å². The summed E-state index contributed by atoms with van der Waals surface area (Å²) in [5.41, 5.74) is 21.4. The third-order valence-electron chi connectivity index (χ3n) is 8.80. The first kappa shape index (κ1) is 36.0. The molecule has 6 aromatic carbocycles. The van der Waals surface area contributed by atoms with E-state index in [9.17, 15) is 0 Å². The molecule has 2 heterocycles. The van der Waals surface area contributed by atoms with Crippen LogP contribution in [0.4, 0.5) is 11.5 Å². The van der Waals surface area contributed by atoms with Crippen molar-refractivity contribution in [1.82, 2.24) is 4.98 Å². The second-order valence-electron chi connectivity index (χ2n) is 12.5. The van der Waals surface area contributed by atoms with Crippen molar-refractivity contribution in [3.05, 3.63) is 223 Å². The number of aromatic nitrogens is 1. The summed E-state index contributed by atoms with van der Waals surface area (Å²) in [5, 5.41) is 10.3. The van der Waals surface area contributed by atoms with E-state index in [-0.39, 0.29) is 7.26 Å². The molecule has 1 aromatic heterocycles. The van der Waals surface area contributed by atoms with Gasteiger partial charge < -0.3 is 16.4 Å². The Hall–Kier alpha value is -6.82. The Balaban J connectivity index is 0.000000291. The summed E-state index contributed by atoms with van der Waals surface area (Å²) in [5.74, 6) is 0.601. The normalized spacial score (nSPS) is 13.4. The van der Waals surface area contributed by atoms with Gasteiger partial charge in [0.05, 0.1) is 5.69 Å². The van der Waals surface area contributed by atoms with Crippen LogP contribution in [-0.2, 0) is 6.54 Å². The van der Waals surface area contributed by atoms with Gasteiger partial charge in [0, 0.05) is 19.7 Å². The number of rotatable bonds is 5. The number of nitrogens with zero attached hydrogens (tertiary/aromatic N) is 2. The fraction of sp³-hybridized carbons (Fsp3) is 0.0417. The predicted molar refractivity (Wildman–Crippen MR) is 227 cm³/mol. The van der Waals surface area contributed by atoms with Crippen LogP contribution in [-0.4, -0.2) is 10.8 Å². The van der Waals surface area contributed by atoms with Gasteiger partial charge in [-0.3, -0.25) is 5.41 Å². The molecular weight excluding hydrogens is 647 g/mol. The van der Waals surface area contributed by atoms with Crippen molar-refractivity contribution < 1.29 is 1.43 Å². The summed E-state index contributed by atoms with van der Waals surface area (Å²) < 4.78 is 0. The number of nitrogen functional groups attached to an aromatic ring is 1. The minimum absolute atomic E-state index is 0. The molecule has 5 N–H and O–H groups in total. The maximum absolute atomic E-state index is 7.99. The third kappa shape index (κ3) is 8.92. The zero-order chi connectivity index (χ0) is 37.0. The van der Waals surface area contributed by atoms with Crippen LogP contribution in [0, 0.1) is 12.3 Å². The minimum Gasteiger partial charge on any atom is -0.382 e. The van der Waals surface area contributed by atoms with Crippen molar-refractivity contribution in [2.24, 2.45) is 11.5 Å². The molecular formula is C48H45N5. The van der Waals surface area contributed by atoms with E-state index in [0.717, 1.165) is 49.9 Å². The highest BCUT2D eigenvalue weighted by molar-refractivity contribution is 6.09. The number of hydrogen-bond donors (Lipinski definition) is 3. The second-order valence-corrected chi connectivity index (χ2v) is 12.5. The third-order valence-corrected chi connectivity index (χ3v) is 8.80. The Bertz CT molecular complexity index is 2370. The van der Waals surface area contributed by atoms with Gasteiger partial charge in [-0.05, 0) is 69.3 Å². The van der Waals surface area contributed by atoms with Crippen molar-refractivity contribution in [1.29, 1.82) is 5.41 Å². The molecule has 0 atom stereocenters. The Morgan fingerprint density at radius 1 is 0.679 bits per heavy atom. The highest BCUT2D eigenvalue weighted by Gasteiger charge is 2.22. The molecule has 0 bridgehead atoms. The van der Waals surface area contributed by atoms with E-state index in [4.69, 9.17) is 21.9 Å². The number of benzene rings is 6. The van der Waals surface area contributed by atoms with Gasteiger partial charge in [-0.25, -0.2) is 4.98 Å². The fourth-order valence-electron chi connectivity index (χ4n) is 6.12. The summed E-state index contributed by atoms with van der Waals surface area (Å²) in [4.78, 5) is 6.88. The largest absolute Gasteiger partial charge is 0.382 e. The van der Waals surface area contributed by atoms with Gasteiger partial charge in [-0.2, -0.15) is 0 Å². The molecule has 5 heteroatoms. The van der Waals surface area contributed by atoms with Crippen LogP contribution in [0.5, 0.6) is 0 Å². The lowest BCUT2D eigenvalue weighted by Crippen LogP contribution is -2.18. The van der Waals surface area contributed by atoms with Crippen molar-refractivity contribution >= 4 is 39.3 Å². The van der Waals surface area contributed by atoms with Gasteiger partial charge >= 0.3 is 0 Å². The van der Waals surface area contributed by atoms with Crippen LogP contribution in [0.15, 0.2) is 195 Å². The number of nitrogens with one attached hydrogen (secondary N) is 1. The van der Waals surface area contributed by atoms with Crippen molar-refractivity contribution in [2.45, 2.75) is 13.5 Å². The molecule has 0 saturated carbocycles. The van der Waals surface area contributed by atoms with Gasteiger partial charge in [0.2, 0.25) is 0 Å². The van der Waals surface area contributed by atoms with Gasteiger partial charge in [-0.1, -0.05) is 176 Å². The Labute approximate surface area is 313 Å². The lowest BCUT2D eigenvalue weighted by Gasteiger charge is -2.28. The highest BCUT2D eigenvalue weighted by atomic mass is 15.2. The average Bonchev–Trinajstić information content (AvgIpc) is 3.21. The minimum atomic E-state index is -0.0702. The quantitative estimate of drug-likeness (QED) is 0.124. The molecule has 5 nitrogen and oxygen atoms in total. The molecule has 8 rings (SSSR count). The first-order valence-corrected chi connectivity index (χ1v) is 17.5. The van der Waals surface area contributed by atoms with Crippen molar-refractivity contribution in [3.8, 4) is 11.1 Å². The molecule has 0 unspecified atom stereocenters. The number of hydrogen-bond acceptors (Lipinski definition) is 4. The Morgan fingerprint density at radius 2 is 1.25 bits per heavy atom. The molecule has 1 aliphatic heterocycles. The monoisotopic (exact) mass is 691 g/mol. The fourth-order valence-corrected chi connectivity index (χ4v) is 6.12. The highest BCUT2D eigenvalue weighted by Crippen LogP contribution is 2.44. The molecule has 0 aliphatic carbocycles. The van der Waals surface area contributed by atoms with Crippen LogP contribution in [0.3, 0.4) is 0 Å². The van der Waals surface area contributed by atoms with E-state index in [2.05, 4.69) is 116 Å². The topological polar surface area (TPSA) is 92.0 Å². The maximum Gasteiger partial charge on any atom is 0.141 e. The first-order valence-electron chi connectivity index (χ1n) is 17.5. The second kappa shape index (κ2) is 17.4. The summed E-state index contributed by atoms with van der Waals surface area (Å²) in [6, 6.07) is 57.2. The number of aryl methyl sites for hydroxylation is 1. The molecule has 0 amide bonds. The smallest absolute Gasteiger partial charge is 0.141 e. The lowest BCUT2D eigenvalue weighted by molar-refractivity contribution is 1.07. The number of amidine groups is 1. The standard InChI is InChI=1S/C34H26N4.C7H9N.C7H8.H2/c1-23-19-20-26(24-11-4-2-5-12-24)22-38(32-18-10-17-30(37-32)34(35)36)31-21-29(25-13-6-3-7-14-25)27-15-8-9-16-28(27)33(23)31;8-6-7-4-2-1-3-5-7;1-7-5-3-2-4-6-7;/h2-22H,1H2,(H3,35,36);1-5H,6,8H2;2-6H,1H3;1H/b20-19-,26-22+;;;. The van der Waals surface area contributed by atoms with Gasteiger partial charge in [0.25, 0.3) is 0 Å². The first-order chi connectivity index (χ1) is 25.9. The van der Waals surface area contributed by atoms with Crippen LogP contribution in [0.1, 0.15) is 29.4 Å². The maximum atomic E-state index is 7.99. The summed E-state index contributed by atoms with van der Waals surface area (Å²) in [6.07, 6.45) is 6.29.